The molecule has 6 nitrogen and oxygen atoms in total. The molecule has 26 heavy (non-hydrogen) atoms. The fourth-order valence-electron chi connectivity index (χ4n) is 1.93. The Morgan fingerprint density at radius 1 is 1.35 bits per heavy atom. The van der Waals surface area contributed by atoms with Crippen LogP contribution in [0.5, 0.6) is 5.75 Å². The van der Waals surface area contributed by atoms with E-state index in [-0.39, 0.29) is 18.6 Å². The van der Waals surface area contributed by atoms with Crippen LogP contribution in [0, 0.1) is 0 Å². The number of nitrogens with one attached hydrogen (secondary N) is 2. The molecule has 0 saturated heterocycles. The third-order valence-corrected chi connectivity index (χ3v) is 4.48. The van der Waals surface area contributed by atoms with Crippen molar-refractivity contribution in [3.05, 3.63) is 29.3 Å². The Balaban J connectivity index is 2.64. The number of halogens is 1. The smallest absolute Gasteiger partial charge is 0.243 e. The second-order valence-electron chi connectivity index (χ2n) is 5.83. The highest BCUT2D eigenvalue weighted by atomic mass is 35.5. The summed E-state index contributed by atoms with van der Waals surface area (Å²) in [6.07, 6.45) is 2.80. The van der Waals surface area contributed by atoms with Gasteiger partial charge in [0.15, 0.2) is 5.96 Å². The number of guanidine groups is 1. The van der Waals surface area contributed by atoms with Crippen molar-refractivity contribution in [2.24, 2.45) is 4.99 Å². The minimum Gasteiger partial charge on any atom is -0.487 e. The quantitative estimate of drug-likeness (QED) is 0.359. The lowest BCUT2D eigenvalue weighted by atomic mass is 10.2. The number of hydrogen-bond donors (Lipinski definition) is 2. The van der Waals surface area contributed by atoms with Crippen molar-refractivity contribution in [3.8, 4) is 5.75 Å². The van der Waals surface area contributed by atoms with Gasteiger partial charge in [0.05, 0.1) is 11.6 Å². The predicted octanol–water partition coefficient (Wildman–Crippen LogP) is 2.48. The van der Waals surface area contributed by atoms with Crippen LogP contribution in [0.4, 0.5) is 0 Å². The van der Waals surface area contributed by atoms with Crippen LogP contribution in [0.15, 0.2) is 29.3 Å². The molecule has 1 aromatic rings. The first-order chi connectivity index (χ1) is 12.5. The molecule has 1 amide bonds. The number of thioether (sulfide) groups is 1. The van der Waals surface area contributed by atoms with Crippen LogP contribution in [-0.4, -0.2) is 68.6 Å². The first kappa shape index (κ1) is 22.4. The van der Waals surface area contributed by atoms with Gasteiger partial charge in [-0.05, 0) is 24.8 Å². The molecule has 0 spiro atoms. The van der Waals surface area contributed by atoms with E-state index in [1.807, 2.05) is 24.5 Å². The summed E-state index contributed by atoms with van der Waals surface area (Å²) in [6, 6.07) is 7.43. The van der Waals surface area contributed by atoms with Gasteiger partial charge in [0.1, 0.15) is 18.4 Å². The molecule has 2 N–H and O–H groups in total. The molecule has 0 fully saturated rings. The standard InChI is InChI=1S/C18H29ClN4O2S/c1-5-14(25-16-9-7-6-8-15(16)19)12-21-18(20-10-11-26-4)22-13-17(24)23(2)3/h6-9,14H,5,10-13H2,1-4H3,(H2,20,21,22). The highest BCUT2D eigenvalue weighted by Gasteiger charge is 2.12. The fourth-order valence-corrected chi connectivity index (χ4v) is 2.42. The zero-order valence-electron chi connectivity index (χ0n) is 15.9. The summed E-state index contributed by atoms with van der Waals surface area (Å²) < 4.78 is 5.98. The molecular weight excluding hydrogens is 372 g/mol. The molecule has 1 atom stereocenters. The predicted molar refractivity (Wildman–Crippen MR) is 112 cm³/mol. The molecule has 8 heteroatoms. The largest absolute Gasteiger partial charge is 0.487 e. The van der Waals surface area contributed by atoms with Gasteiger partial charge in [-0.15, -0.1) is 0 Å². The number of aliphatic imine (C=N–C) groups is 1. The number of hydrogen-bond acceptors (Lipinski definition) is 4. The van der Waals surface area contributed by atoms with Crippen molar-refractivity contribution in [1.29, 1.82) is 0 Å². The Bertz CT molecular complexity index is 584. The second-order valence-corrected chi connectivity index (χ2v) is 7.22. The van der Waals surface area contributed by atoms with Crippen molar-refractivity contribution in [1.82, 2.24) is 15.5 Å². The van der Waals surface area contributed by atoms with Crippen LogP contribution in [0.2, 0.25) is 5.02 Å². The number of carbonyl (C=O) groups is 1. The van der Waals surface area contributed by atoms with E-state index in [9.17, 15) is 4.79 Å². The molecule has 0 saturated carbocycles. The Morgan fingerprint density at radius 3 is 2.69 bits per heavy atom. The number of ether oxygens (including phenoxy) is 1. The summed E-state index contributed by atoms with van der Waals surface area (Å²) in [5.41, 5.74) is 0. The van der Waals surface area contributed by atoms with Crippen molar-refractivity contribution in [2.45, 2.75) is 19.4 Å². The highest BCUT2D eigenvalue weighted by molar-refractivity contribution is 7.98. The molecular formula is C18H29ClN4O2S. The lowest BCUT2D eigenvalue weighted by molar-refractivity contribution is -0.127. The van der Waals surface area contributed by atoms with Gasteiger partial charge >= 0.3 is 0 Å². The van der Waals surface area contributed by atoms with Crippen molar-refractivity contribution >= 4 is 35.2 Å². The number of rotatable bonds is 10. The van der Waals surface area contributed by atoms with Crippen LogP contribution < -0.4 is 15.4 Å². The third kappa shape index (κ3) is 8.67. The Hall–Kier alpha value is -1.60. The first-order valence-corrected chi connectivity index (χ1v) is 10.4. The van der Waals surface area contributed by atoms with Crippen LogP contribution >= 0.6 is 23.4 Å². The molecule has 0 aliphatic rings. The topological polar surface area (TPSA) is 66.0 Å². The van der Waals surface area contributed by atoms with Gasteiger partial charge in [-0.3, -0.25) is 4.79 Å². The summed E-state index contributed by atoms with van der Waals surface area (Å²) in [6.45, 7) is 3.48. The van der Waals surface area contributed by atoms with Gasteiger partial charge in [0, 0.05) is 26.4 Å². The normalized spacial score (nSPS) is 12.4. The van der Waals surface area contributed by atoms with Gasteiger partial charge in [-0.1, -0.05) is 30.7 Å². The molecule has 0 radical (unpaired) electrons. The molecule has 0 aliphatic heterocycles. The van der Waals surface area contributed by atoms with Gasteiger partial charge in [0.2, 0.25) is 5.91 Å². The van der Waals surface area contributed by atoms with Crippen molar-refractivity contribution < 1.29 is 9.53 Å². The molecule has 1 unspecified atom stereocenters. The average molecular weight is 401 g/mol. The Morgan fingerprint density at radius 2 is 2.08 bits per heavy atom. The van der Waals surface area contributed by atoms with Gasteiger partial charge in [-0.25, -0.2) is 4.99 Å². The Kier molecular flexibility index (Phi) is 11.0. The van der Waals surface area contributed by atoms with Crippen LogP contribution in [-0.2, 0) is 4.79 Å². The van der Waals surface area contributed by atoms with Crippen molar-refractivity contribution in [2.75, 3.05) is 45.7 Å². The zero-order valence-corrected chi connectivity index (χ0v) is 17.5. The summed E-state index contributed by atoms with van der Waals surface area (Å²) in [4.78, 5) is 17.7. The lowest BCUT2D eigenvalue weighted by Crippen LogP contribution is -2.43. The lowest BCUT2D eigenvalue weighted by Gasteiger charge is -2.21. The molecule has 1 aromatic carbocycles. The first-order valence-electron chi connectivity index (χ1n) is 8.60. The maximum Gasteiger partial charge on any atom is 0.243 e. The van der Waals surface area contributed by atoms with Crippen LogP contribution in [0.1, 0.15) is 13.3 Å². The van der Waals surface area contributed by atoms with E-state index in [2.05, 4.69) is 22.5 Å². The molecule has 0 aromatic heterocycles. The van der Waals surface area contributed by atoms with E-state index >= 15 is 0 Å². The number of para-hydroxylation sites is 1. The number of likely N-dealkylation sites (N-methyl/N-ethyl adjacent to an activating group) is 1. The fraction of sp³-hybridized carbons (Fsp3) is 0.556. The summed E-state index contributed by atoms with van der Waals surface area (Å²) in [5, 5.41) is 7.08. The third-order valence-electron chi connectivity index (χ3n) is 3.55. The monoisotopic (exact) mass is 400 g/mol. The van der Waals surface area contributed by atoms with Gasteiger partial charge in [-0.2, -0.15) is 11.8 Å². The highest BCUT2D eigenvalue weighted by Crippen LogP contribution is 2.24. The average Bonchev–Trinajstić information content (AvgIpc) is 2.63. The molecule has 1 rings (SSSR count). The Labute approximate surface area is 165 Å². The summed E-state index contributed by atoms with van der Waals surface area (Å²) >= 11 is 7.91. The number of amides is 1. The van der Waals surface area contributed by atoms with E-state index in [0.717, 1.165) is 18.7 Å². The van der Waals surface area contributed by atoms with E-state index in [1.54, 1.807) is 31.9 Å². The second kappa shape index (κ2) is 12.7. The SMILES string of the molecule is CCC(CNC(=NCC(=O)N(C)C)NCCSC)Oc1ccccc1Cl. The minimum atomic E-state index is -0.0630. The zero-order chi connectivity index (χ0) is 19.4. The molecule has 0 heterocycles. The summed E-state index contributed by atoms with van der Waals surface area (Å²) in [7, 11) is 3.44. The van der Waals surface area contributed by atoms with E-state index in [1.165, 1.54) is 4.90 Å². The maximum atomic E-state index is 11.8. The number of benzene rings is 1. The van der Waals surface area contributed by atoms with E-state index in [0.29, 0.717) is 23.3 Å². The van der Waals surface area contributed by atoms with Gasteiger partial charge < -0.3 is 20.3 Å². The van der Waals surface area contributed by atoms with E-state index < -0.39 is 0 Å². The van der Waals surface area contributed by atoms with Gasteiger partial charge in [0.25, 0.3) is 0 Å². The molecule has 0 aliphatic carbocycles. The van der Waals surface area contributed by atoms with E-state index in [4.69, 9.17) is 16.3 Å². The van der Waals surface area contributed by atoms with Crippen LogP contribution in [0.3, 0.4) is 0 Å². The number of carbonyl (C=O) groups excluding carboxylic acids is 1. The molecule has 146 valence electrons. The van der Waals surface area contributed by atoms with Crippen LogP contribution in [0.25, 0.3) is 0 Å². The van der Waals surface area contributed by atoms with Crippen molar-refractivity contribution in [3.63, 3.8) is 0 Å². The number of nitrogens with zero attached hydrogens (tertiary/aromatic N) is 2. The minimum absolute atomic E-state index is 0.0460. The maximum absolute atomic E-state index is 11.8. The summed E-state index contributed by atoms with van der Waals surface area (Å²) in [5.74, 6) is 2.18. The molecule has 0 bridgehead atoms.